The Morgan fingerprint density at radius 2 is 1.78 bits per heavy atom. The van der Waals surface area contributed by atoms with Crippen molar-refractivity contribution < 1.29 is 14.3 Å². The molecule has 6 heteroatoms. The van der Waals surface area contributed by atoms with Gasteiger partial charge in [-0.05, 0) is 24.6 Å². The van der Waals surface area contributed by atoms with Gasteiger partial charge < -0.3 is 9.64 Å². The summed E-state index contributed by atoms with van der Waals surface area (Å²) >= 11 is 6.00. The monoisotopic (exact) mass is 382 g/mol. The molecule has 0 saturated carbocycles. The van der Waals surface area contributed by atoms with Crippen LogP contribution >= 0.6 is 11.6 Å². The number of para-hydroxylation sites is 1. The summed E-state index contributed by atoms with van der Waals surface area (Å²) in [5, 5.41) is 0.835. The van der Waals surface area contributed by atoms with Crippen molar-refractivity contribution in [1.29, 1.82) is 0 Å². The average Bonchev–Trinajstić information content (AvgIpc) is 2.70. The van der Waals surface area contributed by atoms with E-state index in [1.165, 1.54) is 6.07 Å². The summed E-state index contributed by atoms with van der Waals surface area (Å²) in [4.78, 5) is 30.8. The van der Waals surface area contributed by atoms with Crippen molar-refractivity contribution >= 4 is 34.4 Å². The summed E-state index contributed by atoms with van der Waals surface area (Å²) in [6, 6.07) is 18.3. The zero-order valence-corrected chi connectivity index (χ0v) is 15.6. The number of likely N-dealkylation sites (N-methyl/N-ethyl adjacent to an activating group) is 1. The molecule has 1 amide bonds. The van der Waals surface area contributed by atoms with Gasteiger partial charge in [-0.1, -0.05) is 60.1 Å². The van der Waals surface area contributed by atoms with Crippen LogP contribution in [0.2, 0.25) is 5.15 Å². The van der Waals surface area contributed by atoms with Gasteiger partial charge in [0.2, 0.25) is 0 Å². The van der Waals surface area contributed by atoms with Gasteiger partial charge in [-0.3, -0.25) is 4.79 Å². The molecule has 0 atom stereocenters. The van der Waals surface area contributed by atoms with Gasteiger partial charge in [0.05, 0.1) is 11.1 Å². The first kappa shape index (κ1) is 18.9. The lowest BCUT2D eigenvalue weighted by molar-refractivity contribution is -0.134. The van der Waals surface area contributed by atoms with Gasteiger partial charge >= 0.3 is 5.97 Å². The number of hydrogen-bond acceptors (Lipinski definition) is 4. The number of ether oxygens (including phenoxy) is 1. The molecule has 0 unspecified atom stereocenters. The molecule has 0 aliphatic rings. The zero-order valence-electron chi connectivity index (χ0n) is 14.9. The summed E-state index contributed by atoms with van der Waals surface area (Å²) in [5.74, 6) is -0.848. The maximum Gasteiger partial charge on any atom is 0.339 e. The van der Waals surface area contributed by atoms with Crippen molar-refractivity contribution in [2.45, 2.75) is 13.5 Å². The minimum Gasteiger partial charge on any atom is -0.452 e. The molecule has 2 aromatic carbocycles. The van der Waals surface area contributed by atoms with E-state index in [0.29, 0.717) is 29.6 Å². The van der Waals surface area contributed by atoms with E-state index in [-0.39, 0.29) is 17.7 Å². The summed E-state index contributed by atoms with van der Waals surface area (Å²) in [6.45, 7) is 2.56. The van der Waals surface area contributed by atoms with Gasteiger partial charge in [0, 0.05) is 18.5 Å². The molecule has 1 aromatic heterocycles. The fraction of sp³-hybridized carbons (Fsp3) is 0.190. The second-order valence-electron chi connectivity index (χ2n) is 5.98. The molecule has 0 aliphatic carbocycles. The van der Waals surface area contributed by atoms with Crippen molar-refractivity contribution in [3.63, 3.8) is 0 Å². The molecule has 0 radical (unpaired) electrons. The highest BCUT2D eigenvalue weighted by Crippen LogP contribution is 2.21. The Morgan fingerprint density at radius 3 is 2.52 bits per heavy atom. The predicted molar refractivity (Wildman–Crippen MR) is 105 cm³/mol. The van der Waals surface area contributed by atoms with Crippen molar-refractivity contribution in [3.8, 4) is 0 Å². The minimum atomic E-state index is -0.598. The third-order valence-corrected chi connectivity index (χ3v) is 4.38. The molecule has 0 N–H and O–H groups in total. The lowest BCUT2D eigenvalue weighted by atomic mass is 10.1. The first-order valence-electron chi connectivity index (χ1n) is 8.62. The highest BCUT2D eigenvalue weighted by Gasteiger charge is 2.18. The van der Waals surface area contributed by atoms with Crippen LogP contribution in [0, 0.1) is 0 Å². The number of pyridine rings is 1. The largest absolute Gasteiger partial charge is 0.452 e. The maximum atomic E-state index is 12.5. The third-order valence-electron chi connectivity index (χ3n) is 4.18. The fourth-order valence-corrected chi connectivity index (χ4v) is 2.99. The molecule has 27 heavy (non-hydrogen) atoms. The van der Waals surface area contributed by atoms with Gasteiger partial charge in [-0.25, -0.2) is 9.78 Å². The Kier molecular flexibility index (Phi) is 6.04. The molecule has 1 heterocycles. The summed E-state index contributed by atoms with van der Waals surface area (Å²) < 4.78 is 5.26. The normalized spacial score (nSPS) is 10.6. The van der Waals surface area contributed by atoms with E-state index in [4.69, 9.17) is 16.3 Å². The number of aromatic nitrogens is 1. The Labute approximate surface area is 162 Å². The number of nitrogens with zero attached hydrogens (tertiary/aromatic N) is 2. The lowest BCUT2D eigenvalue weighted by Crippen LogP contribution is -2.34. The highest BCUT2D eigenvalue weighted by molar-refractivity contribution is 6.30. The number of benzene rings is 2. The zero-order chi connectivity index (χ0) is 19.2. The fourth-order valence-electron chi connectivity index (χ4n) is 2.79. The summed E-state index contributed by atoms with van der Waals surface area (Å²) in [6.07, 6.45) is 0. The third kappa shape index (κ3) is 4.63. The van der Waals surface area contributed by atoms with Crippen LogP contribution in [0.3, 0.4) is 0 Å². The highest BCUT2D eigenvalue weighted by atomic mass is 35.5. The number of hydrogen-bond donors (Lipinski definition) is 0. The summed E-state index contributed by atoms with van der Waals surface area (Å²) in [7, 11) is 0. The van der Waals surface area contributed by atoms with Crippen LogP contribution in [0.4, 0.5) is 0 Å². The first-order chi connectivity index (χ1) is 13.1. The number of amides is 1. The van der Waals surface area contributed by atoms with Crippen LogP contribution in [0.1, 0.15) is 22.8 Å². The molecule has 0 aliphatic heterocycles. The standard InChI is InChI=1S/C21H19ClN2O3/c1-2-24(13-15-8-4-3-5-9-15)20(25)14-27-21(26)17-12-19(22)23-18-11-7-6-10-16(17)18/h3-12H,2,13-14H2,1H3. The molecule has 0 spiro atoms. The predicted octanol–water partition coefficient (Wildman–Crippen LogP) is 4.09. The number of carbonyl (C=O) groups excluding carboxylic acids is 2. The van der Waals surface area contributed by atoms with Crippen LogP contribution in [0.5, 0.6) is 0 Å². The maximum absolute atomic E-state index is 12.5. The SMILES string of the molecule is CCN(Cc1ccccc1)C(=O)COC(=O)c1cc(Cl)nc2ccccc12. The Bertz CT molecular complexity index is 960. The number of fused-ring (bicyclic) bond motifs is 1. The Morgan fingerprint density at radius 1 is 1.07 bits per heavy atom. The average molecular weight is 383 g/mol. The molecule has 3 aromatic rings. The molecule has 138 valence electrons. The van der Waals surface area contributed by atoms with Gasteiger partial charge in [0.25, 0.3) is 5.91 Å². The van der Waals surface area contributed by atoms with Crippen molar-refractivity contribution in [2.24, 2.45) is 0 Å². The van der Waals surface area contributed by atoms with E-state index in [1.54, 1.807) is 23.1 Å². The molecule has 0 bridgehead atoms. The van der Waals surface area contributed by atoms with E-state index in [9.17, 15) is 9.59 Å². The van der Waals surface area contributed by atoms with E-state index >= 15 is 0 Å². The van der Waals surface area contributed by atoms with Crippen molar-refractivity contribution in [2.75, 3.05) is 13.2 Å². The number of carbonyl (C=O) groups is 2. The molecular weight excluding hydrogens is 364 g/mol. The second kappa shape index (κ2) is 8.64. The molecule has 5 nitrogen and oxygen atoms in total. The molecule has 0 saturated heterocycles. The van der Waals surface area contributed by atoms with Gasteiger partial charge in [-0.15, -0.1) is 0 Å². The first-order valence-corrected chi connectivity index (χ1v) is 9.00. The molecule has 3 rings (SSSR count). The van der Waals surface area contributed by atoms with Crippen LogP contribution in [-0.4, -0.2) is 34.9 Å². The smallest absolute Gasteiger partial charge is 0.339 e. The van der Waals surface area contributed by atoms with Crippen LogP contribution in [0.25, 0.3) is 10.9 Å². The van der Waals surface area contributed by atoms with E-state index in [0.717, 1.165) is 5.56 Å². The van der Waals surface area contributed by atoms with Gasteiger partial charge in [0.15, 0.2) is 6.61 Å². The van der Waals surface area contributed by atoms with Crippen molar-refractivity contribution in [3.05, 3.63) is 76.9 Å². The number of rotatable bonds is 6. The Balaban J connectivity index is 1.69. The van der Waals surface area contributed by atoms with E-state index in [1.807, 2.05) is 43.3 Å². The van der Waals surface area contributed by atoms with E-state index in [2.05, 4.69) is 4.98 Å². The van der Waals surface area contributed by atoms with Gasteiger partial charge in [0.1, 0.15) is 5.15 Å². The van der Waals surface area contributed by atoms with E-state index < -0.39 is 5.97 Å². The Hall–Kier alpha value is -2.92. The second-order valence-corrected chi connectivity index (χ2v) is 6.37. The minimum absolute atomic E-state index is 0.200. The number of halogens is 1. The van der Waals surface area contributed by atoms with Crippen LogP contribution in [-0.2, 0) is 16.1 Å². The summed E-state index contributed by atoms with van der Waals surface area (Å²) in [5.41, 5.74) is 1.91. The van der Waals surface area contributed by atoms with Crippen molar-refractivity contribution in [1.82, 2.24) is 9.88 Å². The van der Waals surface area contributed by atoms with Crippen LogP contribution in [0.15, 0.2) is 60.7 Å². The quantitative estimate of drug-likeness (QED) is 0.476. The lowest BCUT2D eigenvalue weighted by Gasteiger charge is -2.21. The molecule has 0 fully saturated rings. The topological polar surface area (TPSA) is 59.5 Å². The number of esters is 1. The molecular formula is C21H19ClN2O3. The van der Waals surface area contributed by atoms with Crippen LogP contribution < -0.4 is 0 Å². The van der Waals surface area contributed by atoms with Gasteiger partial charge in [-0.2, -0.15) is 0 Å².